The van der Waals surface area contributed by atoms with Crippen molar-refractivity contribution in [1.82, 2.24) is 9.97 Å². The van der Waals surface area contributed by atoms with Crippen LogP contribution in [0.1, 0.15) is 10.4 Å². The van der Waals surface area contributed by atoms with Crippen molar-refractivity contribution in [2.24, 2.45) is 0 Å². The van der Waals surface area contributed by atoms with Crippen LogP contribution in [-0.2, 0) is 0 Å². The lowest BCUT2D eigenvalue weighted by Gasteiger charge is -2.16. The van der Waals surface area contributed by atoms with Gasteiger partial charge in [-0.3, -0.25) is 9.78 Å². The molecule has 0 spiro atoms. The number of benzene rings is 2. The Morgan fingerprint density at radius 2 is 1.63 bits per heavy atom. The van der Waals surface area contributed by atoms with Crippen LogP contribution in [0.15, 0.2) is 67.0 Å². The molecule has 5 nitrogen and oxygen atoms in total. The standard InChI is InChI=1S/C23H18F2N4O/c1-29(2)22-18(24)11-15(12-19(22)25)27-23(30)17-13-21(14-7-9-26-10-8-14)28-20-6-4-3-5-16(17)20/h3-13H,1-2H3,(H,27,30). The molecule has 1 amide bonds. The summed E-state index contributed by atoms with van der Waals surface area (Å²) in [4.78, 5) is 23.0. The van der Waals surface area contributed by atoms with Gasteiger partial charge in [-0.2, -0.15) is 0 Å². The Morgan fingerprint density at radius 1 is 0.967 bits per heavy atom. The van der Waals surface area contributed by atoms with Gasteiger partial charge in [0, 0.05) is 43.1 Å². The normalized spacial score (nSPS) is 10.8. The average molecular weight is 404 g/mol. The van der Waals surface area contributed by atoms with Crippen molar-refractivity contribution in [3.63, 3.8) is 0 Å². The van der Waals surface area contributed by atoms with E-state index in [0.29, 0.717) is 22.2 Å². The van der Waals surface area contributed by atoms with Crippen LogP contribution in [-0.4, -0.2) is 30.0 Å². The van der Waals surface area contributed by atoms with Gasteiger partial charge < -0.3 is 10.2 Å². The highest BCUT2D eigenvalue weighted by atomic mass is 19.1. The van der Waals surface area contributed by atoms with Crippen LogP contribution in [0.3, 0.4) is 0 Å². The molecule has 0 bridgehead atoms. The van der Waals surface area contributed by atoms with Crippen LogP contribution in [0.25, 0.3) is 22.2 Å². The van der Waals surface area contributed by atoms with E-state index in [4.69, 9.17) is 0 Å². The monoisotopic (exact) mass is 404 g/mol. The summed E-state index contributed by atoms with van der Waals surface area (Å²) in [5.41, 5.74) is 2.26. The summed E-state index contributed by atoms with van der Waals surface area (Å²) < 4.78 is 28.6. The molecule has 2 aromatic heterocycles. The number of pyridine rings is 2. The van der Waals surface area contributed by atoms with E-state index < -0.39 is 17.5 Å². The van der Waals surface area contributed by atoms with E-state index in [0.717, 1.165) is 17.7 Å². The summed E-state index contributed by atoms with van der Waals surface area (Å²) in [6.45, 7) is 0. The fourth-order valence-electron chi connectivity index (χ4n) is 3.30. The van der Waals surface area contributed by atoms with Gasteiger partial charge in [0.25, 0.3) is 5.91 Å². The maximum atomic E-state index is 14.3. The summed E-state index contributed by atoms with van der Waals surface area (Å²) in [7, 11) is 3.09. The van der Waals surface area contributed by atoms with Crippen LogP contribution in [0.2, 0.25) is 0 Å². The SMILES string of the molecule is CN(C)c1c(F)cc(NC(=O)c2cc(-c3ccncc3)nc3ccccc23)cc1F. The molecule has 0 saturated heterocycles. The second kappa shape index (κ2) is 7.87. The number of aromatic nitrogens is 2. The first kappa shape index (κ1) is 19.4. The molecule has 150 valence electrons. The van der Waals surface area contributed by atoms with Crippen LogP contribution < -0.4 is 10.2 Å². The van der Waals surface area contributed by atoms with Crippen molar-refractivity contribution in [1.29, 1.82) is 0 Å². The molecule has 0 aliphatic heterocycles. The molecule has 30 heavy (non-hydrogen) atoms. The highest BCUT2D eigenvalue weighted by molar-refractivity contribution is 6.13. The van der Waals surface area contributed by atoms with E-state index in [1.807, 2.05) is 12.1 Å². The first-order chi connectivity index (χ1) is 14.4. The summed E-state index contributed by atoms with van der Waals surface area (Å²) in [5.74, 6) is -2.00. The van der Waals surface area contributed by atoms with Gasteiger partial charge in [-0.15, -0.1) is 0 Å². The number of hydrogen-bond donors (Lipinski definition) is 1. The fraction of sp³-hybridized carbons (Fsp3) is 0.0870. The number of hydrogen-bond acceptors (Lipinski definition) is 4. The van der Waals surface area contributed by atoms with Gasteiger partial charge in [0.2, 0.25) is 0 Å². The molecular weight excluding hydrogens is 386 g/mol. The van der Waals surface area contributed by atoms with Crippen molar-refractivity contribution < 1.29 is 13.6 Å². The smallest absolute Gasteiger partial charge is 0.256 e. The maximum absolute atomic E-state index is 14.3. The van der Waals surface area contributed by atoms with Crippen molar-refractivity contribution in [3.05, 3.63) is 84.2 Å². The molecule has 0 radical (unpaired) electrons. The lowest BCUT2D eigenvalue weighted by atomic mass is 10.0. The summed E-state index contributed by atoms with van der Waals surface area (Å²) >= 11 is 0. The van der Waals surface area contributed by atoms with Crippen LogP contribution >= 0.6 is 0 Å². The van der Waals surface area contributed by atoms with Gasteiger partial charge in [-0.05, 0) is 36.4 Å². The largest absolute Gasteiger partial charge is 0.373 e. The summed E-state index contributed by atoms with van der Waals surface area (Å²) in [6.07, 6.45) is 3.29. The number of fused-ring (bicyclic) bond motifs is 1. The molecule has 7 heteroatoms. The first-order valence-electron chi connectivity index (χ1n) is 9.22. The van der Waals surface area contributed by atoms with Crippen LogP contribution in [0.4, 0.5) is 20.2 Å². The summed E-state index contributed by atoms with van der Waals surface area (Å²) in [6, 6.07) is 14.7. The van der Waals surface area contributed by atoms with Gasteiger partial charge in [0.05, 0.1) is 16.8 Å². The third kappa shape index (κ3) is 3.69. The third-order valence-electron chi connectivity index (χ3n) is 4.66. The highest BCUT2D eigenvalue weighted by Crippen LogP contribution is 2.28. The van der Waals surface area contributed by atoms with Crippen LogP contribution in [0.5, 0.6) is 0 Å². The Hall–Kier alpha value is -3.87. The van der Waals surface area contributed by atoms with Crippen molar-refractivity contribution in [2.45, 2.75) is 0 Å². The van der Waals surface area contributed by atoms with Gasteiger partial charge in [0.1, 0.15) is 5.69 Å². The predicted octanol–water partition coefficient (Wildman–Crippen LogP) is 4.89. The number of para-hydroxylation sites is 1. The second-order valence-electron chi connectivity index (χ2n) is 6.95. The third-order valence-corrected chi connectivity index (χ3v) is 4.66. The molecule has 4 rings (SSSR count). The summed E-state index contributed by atoms with van der Waals surface area (Å²) in [5, 5.41) is 3.24. The number of rotatable bonds is 4. The lowest BCUT2D eigenvalue weighted by molar-refractivity contribution is 0.102. The molecule has 4 aromatic rings. The minimum Gasteiger partial charge on any atom is -0.373 e. The van der Waals surface area contributed by atoms with Gasteiger partial charge in [-0.1, -0.05) is 18.2 Å². The second-order valence-corrected chi connectivity index (χ2v) is 6.95. The number of amides is 1. The van der Waals surface area contributed by atoms with E-state index in [2.05, 4.69) is 15.3 Å². The molecular formula is C23H18F2N4O. The lowest BCUT2D eigenvalue weighted by Crippen LogP contribution is -2.16. The molecule has 2 heterocycles. The number of carbonyl (C=O) groups excluding carboxylic acids is 1. The zero-order valence-electron chi connectivity index (χ0n) is 16.4. The number of nitrogens with one attached hydrogen (secondary N) is 1. The molecule has 0 saturated carbocycles. The zero-order valence-corrected chi connectivity index (χ0v) is 16.4. The number of halogens is 2. The Morgan fingerprint density at radius 3 is 2.30 bits per heavy atom. The van der Waals surface area contributed by atoms with Crippen molar-refractivity contribution >= 4 is 28.2 Å². The van der Waals surface area contributed by atoms with Gasteiger partial charge >= 0.3 is 0 Å². The Balaban J connectivity index is 1.76. The molecule has 1 N–H and O–H groups in total. The Bertz CT molecular complexity index is 1220. The van der Waals surface area contributed by atoms with Crippen molar-refractivity contribution in [3.8, 4) is 11.3 Å². The van der Waals surface area contributed by atoms with E-state index in [-0.39, 0.29) is 11.4 Å². The van der Waals surface area contributed by atoms with Crippen LogP contribution in [0, 0.1) is 11.6 Å². The molecule has 0 aliphatic rings. The minimum atomic E-state index is -0.757. The first-order valence-corrected chi connectivity index (χ1v) is 9.22. The molecule has 0 fully saturated rings. The van der Waals surface area contributed by atoms with E-state index >= 15 is 0 Å². The molecule has 0 atom stereocenters. The minimum absolute atomic E-state index is 0.0342. The maximum Gasteiger partial charge on any atom is 0.256 e. The average Bonchev–Trinajstić information content (AvgIpc) is 2.72. The zero-order chi connectivity index (χ0) is 21.3. The van der Waals surface area contributed by atoms with E-state index in [1.54, 1.807) is 56.8 Å². The fourth-order valence-corrected chi connectivity index (χ4v) is 3.30. The van der Waals surface area contributed by atoms with E-state index in [1.165, 1.54) is 4.90 Å². The van der Waals surface area contributed by atoms with Gasteiger partial charge in [-0.25, -0.2) is 13.8 Å². The quantitative estimate of drug-likeness (QED) is 0.526. The Labute approximate surface area is 172 Å². The van der Waals surface area contributed by atoms with Gasteiger partial charge in [0.15, 0.2) is 11.6 Å². The molecule has 0 aliphatic carbocycles. The van der Waals surface area contributed by atoms with E-state index in [9.17, 15) is 13.6 Å². The predicted molar refractivity (Wildman–Crippen MR) is 114 cm³/mol. The number of nitrogens with zero attached hydrogens (tertiary/aromatic N) is 3. The Kier molecular flexibility index (Phi) is 5.10. The highest BCUT2D eigenvalue weighted by Gasteiger charge is 2.17. The topological polar surface area (TPSA) is 58.1 Å². The number of carbonyl (C=O) groups is 1. The molecule has 2 aromatic carbocycles. The van der Waals surface area contributed by atoms with Crippen molar-refractivity contribution in [2.75, 3.05) is 24.3 Å². The number of anilines is 2. The molecule has 0 unspecified atom stereocenters.